The molecule has 0 heterocycles. The van der Waals surface area contributed by atoms with Gasteiger partial charge in [-0.25, -0.2) is 0 Å². The first-order valence-corrected chi connectivity index (χ1v) is 7.23. The minimum Gasteiger partial charge on any atom is -0.481 e. The maximum Gasteiger partial charge on any atom is 0.303 e. The van der Waals surface area contributed by atoms with Crippen molar-refractivity contribution in [2.75, 3.05) is 0 Å². The van der Waals surface area contributed by atoms with Crippen LogP contribution in [0.25, 0.3) is 0 Å². The molecule has 0 aliphatic heterocycles. The fraction of sp³-hybridized carbons (Fsp3) is 0.167. The molecule has 0 spiro atoms. The summed E-state index contributed by atoms with van der Waals surface area (Å²) in [4.78, 5) is 35.2. The van der Waals surface area contributed by atoms with Crippen LogP contribution in [0, 0.1) is 0 Å². The van der Waals surface area contributed by atoms with E-state index in [9.17, 15) is 14.4 Å². The largest absolute Gasteiger partial charge is 0.481 e. The zero-order valence-electron chi connectivity index (χ0n) is 12.4. The molecule has 0 radical (unpaired) electrons. The van der Waals surface area contributed by atoms with E-state index in [1.54, 1.807) is 54.6 Å². The van der Waals surface area contributed by atoms with Crippen LogP contribution < -0.4 is 5.32 Å². The summed E-state index contributed by atoms with van der Waals surface area (Å²) in [6.07, 6.45) is -0.437. The van der Waals surface area contributed by atoms with Gasteiger partial charge in [-0.1, -0.05) is 60.7 Å². The van der Waals surface area contributed by atoms with Gasteiger partial charge in [-0.3, -0.25) is 14.4 Å². The van der Waals surface area contributed by atoms with Gasteiger partial charge in [-0.05, 0) is 5.56 Å². The maximum atomic E-state index is 12.7. The topological polar surface area (TPSA) is 83.5 Å². The van der Waals surface area contributed by atoms with Crippen LogP contribution in [0.2, 0.25) is 0 Å². The molecule has 0 aliphatic rings. The van der Waals surface area contributed by atoms with E-state index in [-0.39, 0.29) is 18.6 Å². The first-order valence-electron chi connectivity index (χ1n) is 7.23. The van der Waals surface area contributed by atoms with Crippen LogP contribution in [0.5, 0.6) is 0 Å². The summed E-state index contributed by atoms with van der Waals surface area (Å²) >= 11 is 0. The van der Waals surface area contributed by atoms with E-state index in [0.29, 0.717) is 11.1 Å². The summed E-state index contributed by atoms with van der Waals surface area (Å²) in [6.45, 7) is 0. The van der Waals surface area contributed by atoms with E-state index >= 15 is 0 Å². The van der Waals surface area contributed by atoms with Gasteiger partial charge in [0.05, 0.1) is 6.42 Å². The van der Waals surface area contributed by atoms with Gasteiger partial charge in [0.1, 0.15) is 6.04 Å². The van der Waals surface area contributed by atoms with Crippen molar-refractivity contribution >= 4 is 17.7 Å². The highest BCUT2D eigenvalue weighted by Crippen LogP contribution is 2.18. The number of hydrogen-bond acceptors (Lipinski definition) is 3. The SMILES string of the molecule is O=C(O)CCC(=O)NC(C(=O)c1ccccc1)c1ccccc1. The minimum absolute atomic E-state index is 0.166. The Bertz CT molecular complexity index is 683. The lowest BCUT2D eigenvalue weighted by molar-refractivity contribution is -0.138. The molecule has 2 rings (SSSR count). The van der Waals surface area contributed by atoms with Crippen molar-refractivity contribution in [2.24, 2.45) is 0 Å². The average molecular weight is 311 g/mol. The fourth-order valence-corrected chi connectivity index (χ4v) is 2.17. The summed E-state index contributed by atoms with van der Waals surface area (Å²) in [7, 11) is 0. The number of ketones is 1. The molecule has 2 aromatic carbocycles. The van der Waals surface area contributed by atoms with Crippen LogP contribution in [0.3, 0.4) is 0 Å². The molecule has 5 heteroatoms. The van der Waals surface area contributed by atoms with Crippen molar-refractivity contribution in [2.45, 2.75) is 18.9 Å². The number of rotatable bonds is 7. The number of benzene rings is 2. The van der Waals surface area contributed by atoms with Gasteiger partial charge in [0.2, 0.25) is 5.91 Å². The van der Waals surface area contributed by atoms with Gasteiger partial charge in [-0.15, -0.1) is 0 Å². The molecule has 0 bridgehead atoms. The van der Waals surface area contributed by atoms with E-state index < -0.39 is 17.9 Å². The Morgan fingerprint density at radius 2 is 1.43 bits per heavy atom. The van der Waals surface area contributed by atoms with Crippen molar-refractivity contribution in [1.82, 2.24) is 5.32 Å². The lowest BCUT2D eigenvalue weighted by atomic mass is 9.97. The van der Waals surface area contributed by atoms with Crippen LogP contribution in [-0.4, -0.2) is 22.8 Å². The molecule has 1 atom stereocenters. The monoisotopic (exact) mass is 311 g/mol. The normalized spacial score (nSPS) is 11.5. The molecular formula is C18H17NO4. The molecular weight excluding hydrogens is 294 g/mol. The van der Waals surface area contributed by atoms with Crippen molar-refractivity contribution in [3.8, 4) is 0 Å². The molecule has 23 heavy (non-hydrogen) atoms. The number of amides is 1. The molecule has 2 aromatic rings. The number of carbonyl (C=O) groups excluding carboxylic acids is 2. The summed E-state index contributed by atoms with van der Waals surface area (Å²) in [5.41, 5.74) is 1.14. The fourth-order valence-electron chi connectivity index (χ4n) is 2.17. The number of hydrogen-bond donors (Lipinski definition) is 2. The first kappa shape index (κ1) is 16.4. The molecule has 118 valence electrons. The van der Waals surface area contributed by atoms with Crippen molar-refractivity contribution in [3.63, 3.8) is 0 Å². The molecule has 2 N–H and O–H groups in total. The highest BCUT2D eigenvalue weighted by atomic mass is 16.4. The van der Waals surface area contributed by atoms with E-state index in [0.717, 1.165) is 0 Å². The second-order valence-corrected chi connectivity index (χ2v) is 5.04. The van der Waals surface area contributed by atoms with E-state index in [1.165, 1.54) is 0 Å². The van der Waals surface area contributed by atoms with Crippen molar-refractivity contribution in [1.29, 1.82) is 0 Å². The molecule has 0 aromatic heterocycles. The average Bonchev–Trinajstić information content (AvgIpc) is 2.59. The molecule has 1 amide bonds. The van der Waals surface area contributed by atoms with Gasteiger partial charge in [0.25, 0.3) is 0 Å². The van der Waals surface area contributed by atoms with Gasteiger partial charge in [-0.2, -0.15) is 0 Å². The highest BCUT2D eigenvalue weighted by molar-refractivity contribution is 6.02. The van der Waals surface area contributed by atoms with Gasteiger partial charge in [0.15, 0.2) is 5.78 Å². The Hall–Kier alpha value is -2.95. The lowest BCUT2D eigenvalue weighted by Gasteiger charge is -2.18. The predicted molar refractivity (Wildman–Crippen MR) is 85.0 cm³/mol. The van der Waals surface area contributed by atoms with Gasteiger partial charge >= 0.3 is 5.97 Å². The molecule has 0 aliphatic carbocycles. The Labute approximate surface area is 134 Å². The van der Waals surface area contributed by atoms with Crippen LogP contribution in [0.4, 0.5) is 0 Å². The Morgan fingerprint density at radius 3 is 2.00 bits per heavy atom. The quantitative estimate of drug-likeness (QED) is 0.770. The third kappa shape index (κ3) is 4.78. The van der Waals surface area contributed by atoms with E-state index in [1.807, 2.05) is 6.07 Å². The zero-order chi connectivity index (χ0) is 16.7. The Morgan fingerprint density at radius 1 is 0.870 bits per heavy atom. The predicted octanol–water partition coefficient (Wildman–Crippen LogP) is 2.59. The van der Waals surface area contributed by atoms with E-state index in [2.05, 4.69) is 5.32 Å². The second-order valence-electron chi connectivity index (χ2n) is 5.04. The third-order valence-electron chi connectivity index (χ3n) is 3.32. The Kier molecular flexibility index (Phi) is 5.63. The summed E-state index contributed by atoms with van der Waals surface area (Å²) in [6, 6.07) is 16.7. The number of nitrogens with one attached hydrogen (secondary N) is 1. The number of carboxylic acid groups (broad SMARTS) is 1. The van der Waals surface area contributed by atoms with Gasteiger partial charge in [0, 0.05) is 12.0 Å². The number of aliphatic carboxylic acids is 1. The maximum absolute atomic E-state index is 12.7. The molecule has 1 unspecified atom stereocenters. The summed E-state index contributed by atoms with van der Waals surface area (Å²) in [5.74, 6) is -1.75. The standard InChI is InChI=1S/C18H17NO4/c20-15(11-12-16(21)22)19-17(13-7-3-1-4-8-13)18(23)14-9-5-2-6-10-14/h1-10,17H,11-12H2,(H,19,20)(H,21,22). The van der Waals surface area contributed by atoms with Crippen LogP contribution in [0.15, 0.2) is 60.7 Å². The van der Waals surface area contributed by atoms with Crippen molar-refractivity contribution < 1.29 is 19.5 Å². The van der Waals surface area contributed by atoms with Crippen LogP contribution in [0.1, 0.15) is 34.8 Å². The van der Waals surface area contributed by atoms with Gasteiger partial charge < -0.3 is 10.4 Å². The second kappa shape index (κ2) is 7.89. The lowest BCUT2D eigenvalue weighted by Crippen LogP contribution is -2.34. The molecule has 0 saturated carbocycles. The molecule has 5 nitrogen and oxygen atoms in total. The minimum atomic E-state index is -1.05. The van der Waals surface area contributed by atoms with Crippen LogP contribution >= 0.6 is 0 Å². The zero-order valence-corrected chi connectivity index (χ0v) is 12.4. The number of carboxylic acids is 1. The summed E-state index contributed by atoms with van der Waals surface area (Å²) < 4.78 is 0. The van der Waals surface area contributed by atoms with Crippen LogP contribution in [-0.2, 0) is 9.59 Å². The molecule has 0 saturated heterocycles. The first-order chi connectivity index (χ1) is 11.1. The van der Waals surface area contributed by atoms with E-state index in [4.69, 9.17) is 5.11 Å². The third-order valence-corrected chi connectivity index (χ3v) is 3.32. The number of Topliss-reactive ketones (excluding diaryl/α,β-unsaturated/α-hetero) is 1. The number of carbonyl (C=O) groups is 3. The molecule has 0 fully saturated rings. The smallest absolute Gasteiger partial charge is 0.303 e. The highest BCUT2D eigenvalue weighted by Gasteiger charge is 2.23. The van der Waals surface area contributed by atoms with Crippen molar-refractivity contribution in [3.05, 3.63) is 71.8 Å². The summed E-state index contributed by atoms with van der Waals surface area (Å²) in [5, 5.41) is 11.3. The Balaban J connectivity index is 2.21.